The topological polar surface area (TPSA) is 16.1 Å². The molecule has 2 nitrogen and oxygen atoms in total. The van der Waals surface area contributed by atoms with Gasteiger partial charge >= 0.3 is 0 Å². The van der Waals surface area contributed by atoms with Crippen LogP contribution in [0.25, 0.3) is 0 Å². The normalized spacial score (nSPS) is 24.1. The van der Waals surface area contributed by atoms with E-state index in [-0.39, 0.29) is 9.70 Å². The quantitative estimate of drug-likeness (QED) is 0.527. The number of aromatic nitrogens is 1. The molecule has 0 bridgehead atoms. The van der Waals surface area contributed by atoms with E-state index in [0.29, 0.717) is 0 Å². The van der Waals surface area contributed by atoms with Crippen LogP contribution in [0.2, 0.25) is 0 Å². The minimum absolute atomic E-state index is 0.0728. The minimum Gasteiger partial charge on any atom is -0.285 e. The van der Waals surface area contributed by atoms with Crippen LogP contribution in [0, 0.1) is 0 Å². The highest BCUT2D eigenvalue weighted by Crippen LogP contribution is 2.56. The molecule has 0 spiro atoms. The summed E-state index contributed by atoms with van der Waals surface area (Å²) < 4.78 is 2.44. The Hall–Kier alpha value is -1.26. The van der Waals surface area contributed by atoms with Gasteiger partial charge in [-0.3, -0.25) is 4.31 Å². The van der Waals surface area contributed by atoms with Gasteiger partial charge < -0.3 is 0 Å². The molecule has 0 aliphatic carbocycles. The summed E-state index contributed by atoms with van der Waals surface area (Å²) in [5.41, 5.74) is 5.30. The first-order valence-electron chi connectivity index (χ1n) is 5.87. The maximum absolute atomic E-state index is 4.48. The van der Waals surface area contributed by atoms with Gasteiger partial charge in [0.2, 0.25) is 0 Å². The standard InChI is InChI=1S/C14H12N2S2/c1-9-6-10(2)16-11(7-9)8-13-12-4-3-5-15-14(12)17-18(13)16/h3-8H,1-2H3. The lowest BCUT2D eigenvalue weighted by Crippen LogP contribution is -2.12. The fourth-order valence-corrected chi connectivity index (χ4v) is 7.01. The number of pyridine rings is 1. The number of rotatable bonds is 0. The molecule has 0 radical (unpaired) electrons. The minimum atomic E-state index is 0.0728. The van der Waals surface area contributed by atoms with E-state index in [4.69, 9.17) is 0 Å². The zero-order chi connectivity index (χ0) is 12.3. The van der Waals surface area contributed by atoms with E-state index < -0.39 is 0 Å². The van der Waals surface area contributed by atoms with Crippen LogP contribution in [0.3, 0.4) is 0 Å². The Morgan fingerprint density at radius 2 is 2.11 bits per heavy atom. The molecule has 90 valence electrons. The number of nitrogens with zero attached hydrogens (tertiary/aromatic N) is 2. The predicted molar refractivity (Wildman–Crippen MR) is 79.2 cm³/mol. The third kappa shape index (κ3) is 1.33. The fraction of sp³-hybridized carbons (Fsp3) is 0.143. The number of allylic oxidation sites excluding steroid dienone is 5. The van der Waals surface area contributed by atoms with E-state index in [9.17, 15) is 0 Å². The molecule has 3 aliphatic heterocycles. The summed E-state index contributed by atoms with van der Waals surface area (Å²) in [5.74, 6) is 0. The monoisotopic (exact) mass is 272 g/mol. The lowest BCUT2D eigenvalue weighted by atomic mass is 10.1. The molecule has 1 atom stereocenters. The first-order chi connectivity index (χ1) is 8.74. The van der Waals surface area contributed by atoms with E-state index in [0.717, 1.165) is 0 Å². The van der Waals surface area contributed by atoms with Crippen LogP contribution in [0.5, 0.6) is 0 Å². The van der Waals surface area contributed by atoms with Crippen molar-refractivity contribution >= 4 is 25.4 Å². The molecule has 4 heteroatoms. The van der Waals surface area contributed by atoms with E-state index in [1.165, 1.54) is 32.4 Å². The molecule has 0 saturated carbocycles. The van der Waals surface area contributed by atoms with E-state index in [1.54, 1.807) is 0 Å². The van der Waals surface area contributed by atoms with Crippen molar-refractivity contribution in [3.05, 3.63) is 59.1 Å². The van der Waals surface area contributed by atoms with Gasteiger partial charge in [-0.25, -0.2) is 4.98 Å². The molecule has 0 amide bonds. The Morgan fingerprint density at radius 3 is 3.00 bits per heavy atom. The van der Waals surface area contributed by atoms with E-state index >= 15 is 0 Å². The molecule has 18 heavy (non-hydrogen) atoms. The second-order valence-corrected chi connectivity index (χ2v) is 7.89. The summed E-state index contributed by atoms with van der Waals surface area (Å²) in [6, 6.07) is 4.21. The SMILES string of the molecule is CC1=CC2=CC3=S(Sc4ncccc43)N2C(C)=C1. The predicted octanol–water partition coefficient (Wildman–Crippen LogP) is 3.87. The maximum atomic E-state index is 4.48. The van der Waals surface area contributed by atoms with Gasteiger partial charge in [0.1, 0.15) is 5.03 Å². The van der Waals surface area contributed by atoms with Crippen molar-refractivity contribution in [2.45, 2.75) is 18.9 Å². The van der Waals surface area contributed by atoms with Gasteiger partial charge in [-0.2, -0.15) is 0 Å². The average Bonchev–Trinajstić information content (AvgIpc) is 2.83. The molecule has 3 aliphatic rings. The summed E-state index contributed by atoms with van der Waals surface area (Å²) in [5, 5.41) is 1.17. The summed E-state index contributed by atoms with van der Waals surface area (Å²) in [6.07, 6.45) is 8.72. The van der Waals surface area contributed by atoms with Crippen molar-refractivity contribution in [2.75, 3.05) is 0 Å². The molecule has 4 rings (SSSR count). The fourth-order valence-electron chi connectivity index (χ4n) is 2.51. The first-order valence-corrected chi connectivity index (χ1v) is 8.39. The summed E-state index contributed by atoms with van der Waals surface area (Å²) in [4.78, 5) is 5.91. The third-order valence-electron chi connectivity index (χ3n) is 3.19. The molecule has 4 heterocycles. The van der Waals surface area contributed by atoms with Crippen molar-refractivity contribution in [2.24, 2.45) is 0 Å². The van der Waals surface area contributed by atoms with Gasteiger partial charge in [0.25, 0.3) is 0 Å². The smallest absolute Gasteiger partial charge is 0.116 e. The largest absolute Gasteiger partial charge is 0.285 e. The summed E-state index contributed by atoms with van der Waals surface area (Å²) >= 11 is 0. The van der Waals surface area contributed by atoms with Gasteiger partial charge in [0, 0.05) is 22.3 Å². The molecular weight excluding hydrogens is 260 g/mol. The lowest BCUT2D eigenvalue weighted by Gasteiger charge is -2.27. The third-order valence-corrected chi connectivity index (χ3v) is 7.31. The van der Waals surface area contributed by atoms with E-state index in [2.05, 4.69) is 47.4 Å². The van der Waals surface area contributed by atoms with Crippen molar-refractivity contribution in [3.8, 4) is 0 Å². The highest BCUT2D eigenvalue weighted by Gasteiger charge is 2.33. The molecule has 0 N–H and O–H groups in total. The molecule has 0 fully saturated rings. The van der Waals surface area contributed by atoms with Crippen LogP contribution < -0.4 is 0 Å². The molecule has 0 saturated heterocycles. The number of hydrogen-bond acceptors (Lipinski definition) is 3. The van der Waals surface area contributed by atoms with Crippen LogP contribution in [0.4, 0.5) is 0 Å². The Bertz CT molecular complexity index is 696. The van der Waals surface area contributed by atoms with Gasteiger partial charge in [-0.15, -0.1) is 0 Å². The summed E-state index contributed by atoms with van der Waals surface area (Å²) in [7, 11) is 1.95. The van der Waals surface area contributed by atoms with Gasteiger partial charge in [0.05, 0.1) is 5.70 Å². The second kappa shape index (κ2) is 3.62. The van der Waals surface area contributed by atoms with Crippen LogP contribution >= 0.6 is 20.5 Å². The van der Waals surface area contributed by atoms with Crippen molar-refractivity contribution in [1.82, 2.24) is 9.29 Å². The van der Waals surface area contributed by atoms with Crippen LogP contribution in [0.1, 0.15) is 19.4 Å². The van der Waals surface area contributed by atoms with Crippen molar-refractivity contribution in [1.29, 1.82) is 0 Å². The van der Waals surface area contributed by atoms with Crippen LogP contribution in [0.15, 0.2) is 58.6 Å². The lowest BCUT2D eigenvalue weighted by molar-refractivity contribution is 0.724. The van der Waals surface area contributed by atoms with Gasteiger partial charge in [-0.05, 0) is 70.3 Å². The van der Waals surface area contributed by atoms with Gasteiger partial charge in [-0.1, -0.05) is 0 Å². The molecule has 0 aromatic carbocycles. The molecule has 1 aromatic heterocycles. The zero-order valence-corrected chi connectivity index (χ0v) is 11.8. The van der Waals surface area contributed by atoms with Gasteiger partial charge in [0.15, 0.2) is 0 Å². The highest BCUT2D eigenvalue weighted by molar-refractivity contribution is 8.83. The second-order valence-electron chi connectivity index (χ2n) is 4.59. The molecular formula is C14H12N2S2. The number of hydrogen-bond donors (Lipinski definition) is 0. The van der Waals surface area contributed by atoms with E-state index in [1.807, 2.05) is 23.1 Å². The van der Waals surface area contributed by atoms with Crippen LogP contribution in [-0.2, 0) is 0 Å². The molecule has 1 aromatic rings. The maximum Gasteiger partial charge on any atom is 0.116 e. The Kier molecular flexibility index (Phi) is 2.14. The highest BCUT2D eigenvalue weighted by atomic mass is 33.1. The summed E-state index contributed by atoms with van der Waals surface area (Å²) in [6.45, 7) is 4.35. The Morgan fingerprint density at radius 1 is 1.22 bits per heavy atom. The Balaban J connectivity index is 1.90. The van der Waals surface area contributed by atoms with Crippen LogP contribution in [-0.4, -0.2) is 14.2 Å². The number of fused-ring (bicyclic) bond motifs is 4. The average molecular weight is 272 g/mol. The molecule has 1 unspecified atom stereocenters. The van der Waals surface area contributed by atoms with Crippen molar-refractivity contribution < 1.29 is 0 Å². The first kappa shape index (κ1) is 10.6. The zero-order valence-electron chi connectivity index (χ0n) is 10.2. The van der Waals surface area contributed by atoms with Crippen molar-refractivity contribution in [3.63, 3.8) is 0 Å². The Labute approximate surface area is 113 Å².